The number of nitrogens with one attached hydrogen (secondary N) is 1. The van der Waals surface area contributed by atoms with E-state index in [0.29, 0.717) is 17.8 Å². The summed E-state index contributed by atoms with van der Waals surface area (Å²) in [6, 6.07) is 4.34. The second kappa shape index (κ2) is 6.33. The van der Waals surface area contributed by atoms with Crippen LogP contribution in [0.5, 0.6) is 0 Å². The van der Waals surface area contributed by atoms with E-state index < -0.39 is 0 Å². The number of aryl methyl sites for hydroxylation is 1. The Hall–Kier alpha value is -0.890. The first-order chi connectivity index (χ1) is 8.74. The standard InChI is InChI=1S/C16H26N2/c1-4-17-11-12(2)13(3)15-9-5-7-14-8-6-10-18-16(14)15/h6,8,10,12-13,15,17H,4-5,7,9,11H2,1-3H3. The molecule has 0 saturated carbocycles. The van der Waals surface area contributed by atoms with Gasteiger partial charge in [0.25, 0.3) is 0 Å². The van der Waals surface area contributed by atoms with Crippen LogP contribution in [-0.2, 0) is 6.42 Å². The van der Waals surface area contributed by atoms with Gasteiger partial charge in [0.1, 0.15) is 0 Å². The zero-order valence-electron chi connectivity index (χ0n) is 11.9. The number of aromatic nitrogens is 1. The average molecular weight is 246 g/mol. The molecule has 0 spiro atoms. The Morgan fingerprint density at radius 2 is 2.28 bits per heavy atom. The fraction of sp³-hybridized carbons (Fsp3) is 0.688. The van der Waals surface area contributed by atoms with Crippen LogP contribution in [0.2, 0.25) is 0 Å². The molecular weight excluding hydrogens is 220 g/mol. The van der Waals surface area contributed by atoms with Crippen LogP contribution in [0.3, 0.4) is 0 Å². The molecular formula is C16H26N2. The van der Waals surface area contributed by atoms with Gasteiger partial charge in [-0.3, -0.25) is 4.98 Å². The number of hydrogen-bond donors (Lipinski definition) is 1. The quantitative estimate of drug-likeness (QED) is 0.861. The van der Waals surface area contributed by atoms with Gasteiger partial charge in [-0.1, -0.05) is 26.8 Å². The van der Waals surface area contributed by atoms with Gasteiger partial charge >= 0.3 is 0 Å². The first-order valence-corrected chi connectivity index (χ1v) is 7.38. The van der Waals surface area contributed by atoms with Crippen LogP contribution < -0.4 is 5.32 Å². The van der Waals surface area contributed by atoms with E-state index in [-0.39, 0.29) is 0 Å². The molecule has 2 nitrogen and oxygen atoms in total. The van der Waals surface area contributed by atoms with Crippen molar-refractivity contribution in [1.29, 1.82) is 0 Å². The monoisotopic (exact) mass is 246 g/mol. The third kappa shape index (κ3) is 2.92. The second-order valence-corrected chi connectivity index (χ2v) is 5.69. The van der Waals surface area contributed by atoms with Gasteiger partial charge in [-0.15, -0.1) is 0 Å². The lowest BCUT2D eigenvalue weighted by molar-refractivity contribution is 0.288. The van der Waals surface area contributed by atoms with Crippen molar-refractivity contribution < 1.29 is 0 Å². The second-order valence-electron chi connectivity index (χ2n) is 5.69. The van der Waals surface area contributed by atoms with Crippen LogP contribution in [-0.4, -0.2) is 18.1 Å². The molecule has 0 radical (unpaired) electrons. The minimum absolute atomic E-state index is 0.656. The molecule has 1 aliphatic carbocycles. The SMILES string of the molecule is CCNCC(C)C(C)C1CCCc2cccnc21. The van der Waals surface area contributed by atoms with Crippen molar-refractivity contribution >= 4 is 0 Å². The van der Waals surface area contributed by atoms with Crippen molar-refractivity contribution in [3.8, 4) is 0 Å². The number of pyridine rings is 1. The van der Waals surface area contributed by atoms with Crippen molar-refractivity contribution in [3.05, 3.63) is 29.6 Å². The molecule has 1 aromatic heterocycles. The Kier molecular flexibility index (Phi) is 4.76. The highest BCUT2D eigenvalue weighted by molar-refractivity contribution is 5.26. The molecule has 1 heterocycles. The molecule has 0 aromatic carbocycles. The fourth-order valence-corrected chi connectivity index (χ4v) is 3.11. The van der Waals surface area contributed by atoms with Crippen molar-refractivity contribution in [2.24, 2.45) is 11.8 Å². The van der Waals surface area contributed by atoms with Crippen LogP contribution >= 0.6 is 0 Å². The third-order valence-corrected chi connectivity index (χ3v) is 4.49. The highest BCUT2D eigenvalue weighted by Gasteiger charge is 2.29. The van der Waals surface area contributed by atoms with Gasteiger partial charge in [0.15, 0.2) is 0 Å². The van der Waals surface area contributed by atoms with Gasteiger partial charge in [0.05, 0.1) is 0 Å². The molecule has 0 amide bonds. The van der Waals surface area contributed by atoms with Crippen LogP contribution in [0.15, 0.2) is 18.3 Å². The van der Waals surface area contributed by atoms with Crippen molar-refractivity contribution in [3.63, 3.8) is 0 Å². The predicted octanol–water partition coefficient (Wildman–Crippen LogP) is 3.38. The lowest BCUT2D eigenvalue weighted by Gasteiger charge is -2.32. The minimum atomic E-state index is 0.656. The average Bonchev–Trinajstić information content (AvgIpc) is 2.43. The maximum atomic E-state index is 4.66. The summed E-state index contributed by atoms with van der Waals surface area (Å²) in [5.41, 5.74) is 2.86. The summed E-state index contributed by atoms with van der Waals surface area (Å²) in [4.78, 5) is 4.66. The first kappa shape index (κ1) is 13.5. The highest BCUT2D eigenvalue weighted by Crippen LogP contribution is 2.38. The van der Waals surface area contributed by atoms with Crippen molar-refractivity contribution in [2.45, 2.75) is 46.0 Å². The summed E-state index contributed by atoms with van der Waals surface area (Å²) in [7, 11) is 0. The first-order valence-electron chi connectivity index (χ1n) is 7.38. The van der Waals surface area contributed by atoms with E-state index in [1.807, 2.05) is 6.20 Å². The molecule has 2 rings (SSSR count). The molecule has 0 aliphatic heterocycles. The van der Waals surface area contributed by atoms with E-state index in [1.54, 1.807) is 0 Å². The van der Waals surface area contributed by atoms with Crippen molar-refractivity contribution in [1.82, 2.24) is 10.3 Å². The predicted molar refractivity (Wildman–Crippen MR) is 76.8 cm³/mol. The van der Waals surface area contributed by atoms with Gasteiger partial charge in [0.2, 0.25) is 0 Å². The van der Waals surface area contributed by atoms with E-state index in [2.05, 4.69) is 43.2 Å². The summed E-state index contributed by atoms with van der Waals surface area (Å²) in [6.45, 7) is 9.13. The van der Waals surface area contributed by atoms with Crippen LogP contribution in [0, 0.1) is 11.8 Å². The number of hydrogen-bond acceptors (Lipinski definition) is 2. The zero-order chi connectivity index (χ0) is 13.0. The normalized spacial score (nSPS) is 22.3. The van der Waals surface area contributed by atoms with Gasteiger partial charge in [-0.05, 0) is 55.8 Å². The Morgan fingerprint density at radius 1 is 1.44 bits per heavy atom. The molecule has 1 aliphatic rings. The highest BCUT2D eigenvalue weighted by atomic mass is 14.8. The molecule has 18 heavy (non-hydrogen) atoms. The fourth-order valence-electron chi connectivity index (χ4n) is 3.11. The summed E-state index contributed by atoms with van der Waals surface area (Å²) in [5.74, 6) is 2.07. The van der Waals surface area contributed by atoms with E-state index >= 15 is 0 Å². The molecule has 3 atom stereocenters. The number of nitrogens with zero attached hydrogens (tertiary/aromatic N) is 1. The minimum Gasteiger partial charge on any atom is -0.317 e. The number of rotatable bonds is 5. The Labute approximate surface area is 111 Å². The molecule has 1 N–H and O–H groups in total. The van der Waals surface area contributed by atoms with E-state index in [0.717, 1.165) is 13.1 Å². The van der Waals surface area contributed by atoms with Gasteiger partial charge in [-0.2, -0.15) is 0 Å². The third-order valence-electron chi connectivity index (χ3n) is 4.49. The molecule has 0 saturated heterocycles. The zero-order valence-corrected chi connectivity index (χ0v) is 11.9. The smallest absolute Gasteiger partial charge is 0.0469 e. The topological polar surface area (TPSA) is 24.9 Å². The molecule has 1 aromatic rings. The van der Waals surface area contributed by atoms with E-state index in [1.165, 1.54) is 30.5 Å². The maximum absolute atomic E-state index is 4.66. The lowest BCUT2D eigenvalue weighted by atomic mass is 9.74. The van der Waals surface area contributed by atoms with E-state index in [9.17, 15) is 0 Å². The van der Waals surface area contributed by atoms with E-state index in [4.69, 9.17) is 0 Å². The molecule has 0 fully saturated rings. The van der Waals surface area contributed by atoms with Crippen LogP contribution in [0.4, 0.5) is 0 Å². The summed E-state index contributed by atoms with van der Waals surface area (Å²) in [5, 5.41) is 3.47. The Balaban J connectivity index is 2.09. The molecule has 2 heteroatoms. The van der Waals surface area contributed by atoms with Gasteiger partial charge < -0.3 is 5.32 Å². The lowest BCUT2D eigenvalue weighted by Crippen LogP contribution is -2.29. The Morgan fingerprint density at radius 3 is 3.06 bits per heavy atom. The van der Waals surface area contributed by atoms with Crippen molar-refractivity contribution in [2.75, 3.05) is 13.1 Å². The van der Waals surface area contributed by atoms with Gasteiger partial charge in [-0.25, -0.2) is 0 Å². The largest absolute Gasteiger partial charge is 0.317 e. The summed E-state index contributed by atoms with van der Waals surface area (Å²) < 4.78 is 0. The molecule has 3 unspecified atom stereocenters. The molecule has 100 valence electrons. The maximum Gasteiger partial charge on any atom is 0.0469 e. The molecule has 0 bridgehead atoms. The Bertz CT molecular complexity index is 375. The van der Waals surface area contributed by atoms with Gasteiger partial charge in [0, 0.05) is 17.8 Å². The summed E-state index contributed by atoms with van der Waals surface area (Å²) >= 11 is 0. The van der Waals surface area contributed by atoms with Crippen LogP contribution in [0.25, 0.3) is 0 Å². The van der Waals surface area contributed by atoms with Crippen LogP contribution in [0.1, 0.15) is 50.8 Å². The summed E-state index contributed by atoms with van der Waals surface area (Å²) in [6.07, 6.45) is 5.80. The number of fused-ring (bicyclic) bond motifs is 1.